The average molecular weight is 437 g/mol. The first-order chi connectivity index (χ1) is 15.6. The zero-order valence-corrected chi connectivity index (χ0v) is 19.1. The Labute approximate surface area is 190 Å². The monoisotopic (exact) mass is 436 g/mol. The lowest BCUT2D eigenvalue weighted by Crippen LogP contribution is -2.37. The minimum absolute atomic E-state index is 0.232. The summed E-state index contributed by atoms with van der Waals surface area (Å²) in [5.41, 5.74) is 3.37. The predicted molar refractivity (Wildman–Crippen MR) is 126 cm³/mol. The summed E-state index contributed by atoms with van der Waals surface area (Å²) in [4.78, 5) is 4.98. The summed E-state index contributed by atoms with van der Waals surface area (Å²) in [6.45, 7) is 5.33. The SMILES string of the molecule is COc1ccc(CCN(Cc2cnn(-c3ccc(F)cc3)c2)CC2CCN(C)CC2)cc1. The van der Waals surface area contributed by atoms with Gasteiger partial charge >= 0.3 is 0 Å². The topological polar surface area (TPSA) is 33.5 Å². The van der Waals surface area contributed by atoms with E-state index in [1.54, 1.807) is 19.2 Å². The molecule has 0 atom stereocenters. The molecule has 0 aliphatic carbocycles. The zero-order chi connectivity index (χ0) is 22.3. The van der Waals surface area contributed by atoms with Crippen molar-refractivity contribution in [2.75, 3.05) is 40.3 Å². The van der Waals surface area contributed by atoms with Crippen LogP contribution in [0.5, 0.6) is 5.75 Å². The third-order valence-electron chi connectivity index (χ3n) is 6.36. The fourth-order valence-electron chi connectivity index (χ4n) is 4.36. The Morgan fingerprint density at radius 1 is 1.03 bits per heavy atom. The van der Waals surface area contributed by atoms with Crippen LogP contribution in [0.4, 0.5) is 4.39 Å². The van der Waals surface area contributed by atoms with E-state index in [1.165, 1.54) is 49.2 Å². The smallest absolute Gasteiger partial charge is 0.123 e. The zero-order valence-electron chi connectivity index (χ0n) is 19.1. The Balaban J connectivity index is 1.42. The number of methoxy groups -OCH3 is 1. The van der Waals surface area contributed by atoms with Crippen LogP contribution in [0.15, 0.2) is 60.9 Å². The summed E-state index contributed by atoms with van der Waals surface area (Å²) < 4.78 is 20.4. The number of benzene rings is 2. The van der Waals surface area contributed by atoms with Crippen LogP contribution in [-0.4, -0.2) is 59.9 Å². The predicted octanol–water partition coefficient (Wildman–Crippen LogP) is 4.41. The molecular formula is C26H33FN4O. The Kier molecular flexibility index (Phi) is 7.55. The van der Waals surface area contributed by atoms with Gasteiger partial charge in [0.25, 0.3) is 0 Å². The number of halogens is 1. The molecule has 5 nitrogen and oxygen atoms in total. The molecule has 170 valence electrons. The van der Waals surface area contributed by atoms with Crippen molar-refractivity contribution in [3.63, 3.8) is 0 Å². The van der Waals surface area contributed by atoms with Crippen molar-refractivity contribution in [1.29, 1.82) is 0 Å². The molecule has 1 aliphatic rings. The number of piperidine rings is 1. The molecule has 0 N–H and O–H groups in total. The molecule has 3 aromatic rings. The molecule has 0 bridgehead atoms. The lowest BCUT2D eigenvalue weighted by Gasteiger charge is -2.33. The van der Waals surface area contributed by atoms with E-state index in [0.29, 0.717) is 0 Å². The first-order valence-corrected chi connectivity index (χ1v) is 11.4. The minimum atomic E-state index is -0.232. The van der Waals surface area contributed by atoms with Gasteiger partial charge in [0.1, 0.15) is 11.6 Å². The van der Waals surface area contributed by atoms with E-state index in [0.717, 1.165) is 43.4 Å². The van der Waals surface area contributed by atoms with E-state index in [-0.39, 0.29) is 5.82 Å². The Hall–Kier alpha value is -2.70. The number of aromatic nitrogens is 2. The molecule has 1 aliphatic heterocycles. The average Bonchev–Trinajstić information content (AvgIpc) is 3.28. The van der Waals surface area contributed by atoms with Crippen molar-refractivity contribution in [3.05, 3.63) is 77.9 Å². The number of nitrogens with zero attached hydrogens (tertiary/aromatic N) is 4. The molecule has 1 aromatic heterocycles. The van der Waals surface area contributed by atoms with Gasteiger partial charge in [-0.15, -0.1) is 0 Å². The maximum Gasteiger partial charge on any atom is 0.123 e. The molecule has 0 amide bonds. The van der Waals surface area contributed by atoms with E-state index in [1.807, 2.05) is 23.0 Å². The van der Waals surface area contributed by atoms with Crippen LogP contribution in [0.25, 0.3) is 5.69 Å². The molecule has 0 unspecified atom stereocenters. The van der Waals surface area contributed by atoms with Gasteiger partial charge in [-0.3, -0.25) is 4.90 Å². The first-order valence-electron chi connectivity index (χ1n) is 11.4. The van der Waals surface area contributed by atoms with Crippen LogP contribution >= 0.6 is 0 Å². The summed E-state index contributed by atoms with van der Waals surface area (Å²) in [6, 6.07) is 14.8. The molecule has 0 saturated carbocycles. The first kappa shape index (κ1) is 22.5. The van der Waals surface area contributed by atoms with E-state index >= 15 is 0 Å². The van der Waals surface area contributed by atoms with Crippen molar-refractivity contribution >= 4 is 0 Å². The third kappa shape index (κ3) is 6.17. The van der Waals surface area contributed by atoms with Gasteiger partial charge in [-0.2, -0.15) is 5.10 Å². The van der Waals surface area contributed by atoms with Gasteiger partial charge in [0.05, 0.1) is 19.0 Å². The summed E-state index contributed by atoms with van der Waals surface area (Å²) in [5, 5.41) is 4.51. The van der Waals surface area contributed by atoms with E-state index in [4.69, 9.17) is 4.74 Å². The van der Waals surface area contributed by atoms with Crippen LogP contribution in [0, 0.1) is 11.7 Å². The van der Waals surface area contributed by atoms with Gasteiger partial charge in [0.15, 0.2) is 0 Å². The fraction of sp³-hybridized carbons (Fsp3) is 0.423. The van der Waals surface area contributed by atoms with Crippen molar-refractivity contribution in [3.8, 4) is 11.4 Å². The Bertz CT molecular complexity index is 962. The summed E-state index contributed by atoms with van der Waals surface area (Å²) >= 11 is 0. The fourth-order valence-corrected chi connectivity index (χ4v) is 4.36. The molecule has 2 heterocycles. The minimum Gasteiger partial charge on any atom is -0.497 e. The highest BCUT2D eigenvalue weighted by atomic mass is 19.1. The molecule has 1 saturated heterocycles. The number of hydrogen-bond donors (Lipinski definition) is 0. The van der Waals surface area contributed by atoms with Crippen LogP contribution in [0.2, 0.25) is 0 Å². The van der Waals surface area contributed by atoms with E-state index in [9.17, 15) is 4.39 Å². The molecule has 4 rings (SSSR count). The van der Waals surface area contributed by atoms with Gasteiger partial charge in [0.2, 0.25) is 0 Å². The molecule has 2 aromatic carbocycles. The van der Waals surface area contributed by atoms with Crippen LogP contribution in [-0.2, 0) is 13.0 Å². The van der Waals surface area contributed by atoms with Crippen molar-refractivity contribution in [1.82, 2.24) is 19.6 Å². The third-order valence-corrected chi connectivity index (χ3v) is 6.36. The second kappa shape index (κ2) is 10.7. The lowest BCUT2D eigenvalue weighted by atomic mass is 9.96. The molecule has 0 radical (unpaired) electrons. The van der Waals surface area contributed by atoms with Crippen molar-refractivity contribution in [2.24, 2.45) is 5.92 Å². The summed E-state index contributed by atoms with van der Waals surface area (Å²) in [6.07, 6.45) is 7.50. The summed E-state index contributed by atoms with van der Waals surface area (Å²) in [7, 11) is 3.91. The van der Waals surface area contributed by atoms with Gasteiger partial charge in [-0.05, 0) is 87.3 Å². The second-order valence-corrected chi connectivity index (χ2v) is 8.85. The number of rotatable bonds is 9. The standard InChI is InChI=1S/C26H33FN4O/c1-29-14-11-22(12-15-29)18-30(16-13-21-3-9-26(32-2)10-4-21)19-23-17-28-31(20-23)25-7-5-24(27)6-8-25/h3-10,17,20,22H,11-16,18-19H2,1-2H3. The van der Waals surface area contributed by atoms with Gasteiger partial charge in [-0.25, -0.2) is 9.07 Å². The lowest BCUT2D eigenvalue weighted by molar-refractivity contribution is 0.157. The van der Waals surface area contributed by atoms with Crippen LogP contribution < -0.4 is 4.74 Å². The number of likely N-dealkylation sites (tertiary alicyclic amines) is 1. The highest BCUT2D eigenvalue weighted by Gasteiger charge is 2.20. The number of ether oxygens (including phenoxy) is 1. The van der Waals surface area contributed by atoms with E-state index < -0.39 is 0 Å². The second-order valence-electron chi connectivity index (χ2n) is 8.85. The van der Waals surface area contributed by atoms with Crippen LogP contribution in [0.1, 0.15) is 24.0 Å². The quantitative estimate of drug-likeness (QED) is 0.498. The van der Waals surface area contributed by atoms with Gasteiger partial charge < -0.3 is 9.64 Å². The highest BCUT2D eigenvalue weighted by molar-refractivity contribution is 5.31. The van der Waals surface area contributed by atoms with Crippen molar-refractivity contribution < 1.29 is 9.13 Å². The van der Waals surface area contributed by atoms with Gasteiger partial charge in [-0.1, -0.05) is 12.1 Å². The highest BCUT2D eigenvalue weighted by Crippen LogP contribution is 2.20. The number of hydrogen-bond acceptors (Lipinski definition) is 4. The molecule has 1 fully saturated rings. The van der Waals surface area contributed by atoms with Crippen molar-refractivity contribution in [2.45, 2.75) is 25.8 Å². The molecule has 0 spiro atoms. The molecular weight excluding hydrogens is 403 g/mol. The summed E-state index contributed by atoms with van der Waals surface area (Å²) in [5.74, 6) is 1.39. The maximum atomic E-state index is 13.2. The molecule has 6 heteroatoms. The molecule has 32 heavy (non-hydrogen) atoms. The van der Waals surface area contributed by atoms with E-state index in [2.05, 4.69) is 40.3 Å². The Morgan fingerprint density at radius 3 is 2.44 bits per heavy atom. The van der Waals surface area contributed by atoms with Crippen LogP contribution in [0.3, 0.4) is 0 Å². The normalized spacial score (nSPS) is 15.4. The Morgan fingerprint density at radius 2 is 1.75 bits per heavy atom. The maximum absolute atomic E-state index is 13.2. The van der Waals surface area contributed by atoms with Gasteiger partial charge in [0, 0.05) is 31.4 Å². The largest absolute Gasteiger partial charge is 0.497 e.